The molecular weight excluding hydrogens is 206 g/mol. The van der Waals surface area contributed by atoms with Crippen LogP contribution >= 0.6 is 0 Å². The van der Waals surface area contributed by atoms with Gasteiger partial charge < -0.3 is 5.41 Å². The van der Waals surface area contributed by atoms with Crippen molar-refractivity contribution in [2.75, 3.05) is 0 Å². The molecule has 90 valence electrons. The lowest BCUT2D eigenvalue weighted by molar-refractivity contribution is 0.371. The second kappa shape index (κ2) is 4.87. The second-order valence-electron chi connectivity index (χ2n) is 5.24. The van der Waals surface area contributed by atoms with Gasteiger partial charge in [-0.15, -0.1) is 0 Å². The summed E-state index contributed by atoms with van der Waals surface area (Å²) in [5.74, 6) is 1.74. The highest BCUT2D eigenvalue weighted by molar-refractivity contribution is 5.96. The van der Waals surface area contributed by atoms with Crippen LogP contribution in [0, 0.1) is 23.2 Å². The number of allylic oxidation sites excluding steroid dienone is 8. The lowest BCUT2D eigenvalue weighted by atomic mass is 9.72. The molecule has 1 N–H and O–H groups in total. The van der Waals surface area contributed by atoms with Gasteiger partial charge in [0.1, 0.15) is 0 Å². The monoisotopic (exact) mass is 227 g/mol. The zero-order chi connectivity index (χ0) is 12.4. The van der Waals surface area contributed by atoms with Gasteiger partial charge >= 0.3 is 0 Å². The van der Waals surface area contributed by atoms with Gasteiger partial charge in [-0.1, -0.05) is 49.0 Å². The molecule has 3 unspecified atom stereocenters. The highest BCUT2D eigenvalue weighted by Crippen LogP contribution is 2.37. The molecule has 0 bridgehead atoms. The highest BCUT2D eigenvalue weighted by Gasteiger charge is 2.28. The van der Waals surface area contributed by atoms with Crippen molar-refractivity contribution in [2.24, 2.45) is 17.8 Å². The predicted molar refractivity (Wildman–Crippen MR) is 74.3 cm³/mol. The molecule has 0 aromatic carbocycles. The van der Waals surface area contributed by atoms with E-state index in [1.165, 1.54) is 11.1 Å². The number of hydrogen-bond donors (Lipinski definition) is 1. The first kappa shape index (κ1) is 12.1. The van der Waals surface area contributed by atoms with Gasteiger partial charge in [0.25, 0.3) is 0 Å². The van der Waals surface area contributed by atoms with E-state index in [0.717, 1.165) is 6.42 Å². The predicted octanol–water partition coefficient (Wildman–Crippen LogP) is 4.30. The van der Waals surface area contributed by atoms with Crippen molar-refractivity contribution in [3.63, 3.8) is 0 Å². The Bertz CT molecular complexity index is 434. The molecule has 2 aliphatic carbocycles. The van der Waals surface area contributed by atoms with Crippen LogP contribution in [0.5, 0.6) is 0 Å². The molecule has 2 aliphatic rings. The van der Waals surface area contributed by atoms with E-state index in [-0.39, 0.29) is 0 Å². The number of nitrogens with one attached hydrogen (secondary N) is 1. The Balaban J connectivity index is 2.21. The summed E-state index contributed by atoms with van der Waals surface area (Å²) >= 11 is 0. The first-order valence-corrected chi connectivity index (χ1v) is 6.37. The fraction of sp³-hybridized carbons (Fsp3) is 0.438. The maximum atomic E-state index is 7.78. The van der Waals surface area contributed by atoms with E-state index < -0.39 is 0 Å². The lowest BCUT2D eigenvalue weighted by Gasteiger charge is -2.33. The van der Waals surface area contributed by atoms with Crippen molar-refractivity contribution in [3.8, 4) is 0 Å². The molecule has 0 saturated carbocycles. The Morgan fingerprint density at radius 1 is 1.24 bits per heavy atom. The molecular formula is C16H21N. The molecule has 2 rings (SSSR count). The summed E-state index contributed by atoms with van der Waals surface area (Å²) in [6.45, 7) is 6.39. The maximum absolute atomic E-state index is 7.78. The van der Waals surface area contributed by atoms with Gasteiger partial charge in [-0.05, 0) is 43.6 Å². The van der Waals surface area contributed by atoms with E-state index in [4.69, 9.17) is 5.41 Å². The maximum Gasteiger partial charge on any atom is 0.0315 e. The highest BCUT2D eigenvalue weighted by atomic mass is 14.4. The Kier molecular flexibility index (Phi) is 3.46. The molecule has 0 aromatic rings. The lowest BCUT2D eigenvalue weighted by Crippen LogP contribution is -2.24. The van der Waals surface area contributed by atoms with Crippen LogP contribution < -0.4 is 0 Å². The van der Waals surface area contributed by atoms with Crippen LogP contribution in [0.1, 0.15) is 27.2 Å². The van der Waals surface area contributed by atoms with Crippen LogP contribution in [-0.4, -0.2) is 5.71 Å². The molecule has 0 saturated heterocycles. The molecule has 1 heteroatoms. The largest absolute Gasteiger partial charge is 0.305 e. The van der Waals surface area contributed by atoms with E-state index in [2.05, 4.69) is 50.3 Å². The van der Waals surface area contributed by atoms with E-state index in [0.29, 0.717) is 23.5 Å². The summed E-state index contributed by atoms with van der Waals surface area (Å²) in [7, 11) is 0. The fourth-order valence-corrected chi connectivity index (χ4v) is 2.78. The van der Waals surface area contributed by atoms with Gasteiger partial charge in [-0.25, -0.2) is 0 Å². The molecule has 0 aliphatic heterocycles. The molecule has 0 aromatic heterocycles. The van der Waals surface area contributed by atoms with Crippen LogP contribution in [0.4, 0.5) is 0 Å². The summed E-state index contributed by atoms with van der Waals surface area (Å²) in [5, 5.41) is 7.78. The van der Waals surface area contributed by atoms with Crippen molar-refractivity contribution in [1.29, 1.82) is 5.41 Å². The smallest absolute Gasteiger partial charge is 0.0315 e. The fourth-order valence-electron chi connectivity index (χ4n) is 2.78. The van der Waals surface area contributed by atoms with E-state index in [9.17, 15) is 0 Å². The second-order valence-corrected chi connectivity index (χ2v) is 5.24. The van der Waals surface area contributed by atoms with Crippen molar-refractivity contribution in [3.05, 3.63) is 47.6 Å². The standard InChI is InChI=1S/C16H21N/c1-11-6-4-5-7-15(11)16-10-14(13(3)17)9-8-12(16)2/h4-9,11,15-17H,10H2,1-3H3. The topological polar surface area (TPSA) is 23.9 Å². The Morgan fingerprint density at radius 3 is 2.59 bits per heavy atom. The minimum atomic E-state index is 0.562. The van der Waals surface area contributed by atoms with Crippen molar-refractivity contribution >= 4 is 5.71 Å². The minimum Gasteiger partial charge on any atom is -0.305 e. The molecule has 1 nitrogen and oxygen atoms in total. The Morgan fingerprint density at radius 2 is 1.94 bits per heavy atom. The third-order valence-corrected chi connectivity index (χ3v) is 3.98. The molecule has 0 heterocycles. The van der Waals surface area contributed by atoms with Crippen LogP contribution in [0.25, 0.3) is 0 Å². The summed E-state index contributed by atoms with van der Waals surface area (Å²) in [4.78, 5) is 0. The first-order chi connectivity index (χ1) is 8.09. The summed E-state index contributed by atoms with van der Waals surface area (Å²) in [6.07, 6.45) is 14.2. The van der Waals surface area contributed by atoms with E-state index in [1.54, 1.807) is 0 Å². The van der Waals surface area contributed by atoms with Gasteiger partial charge in [-0.3, -0.25) is 0 Å². The Labute approximate surface area is 104 Å². The molecule has 3 atom stereocenters. The van der Waals surface area contributed by atoms with Crippen LogP contribution in [0.15, 0.2) is 47.6 Å². The van der Waals surface area contributed by atoms with Crippen LogP contribution in [0.3, 0.4) is 0 Å². The summed E-state index contributed by atoms with van der Waals surface area (Å²) < 4.78 is 0. The van der Waals surface area contributed by atoms with Gasteiger partial charge in [0.2, 0.25) is 0 Å². The zero-order valence-electron chi connectivity index (χ0n) is 10.9. The van der Waals surface area contributed by atoms with Crippen LogP contribution in [0.2, 0.25) is 0 Å². The van der Waals surface area contributed by atoms with Crippen molar-refractivity contribution in [1.82, 2.24) is 0 Å². The average Bonchev–Trinajstić information content (AvgIpc) is 2.30. The molecule has 0 spiro atoms. The number of hydrogen-bond acceptors (Lipinski definition) is 1. The average molecular weight is 227 g/mol. The molecule has 0 radical (unpaired) electrons. The molecule has 17 heavy (non-hydrogen) atoms. The summed E-state index contributed by atoms with van der Waals surface area (Å²) in [6, 6.07) is 0. The van der Waals surface area contributed by atoms with Crippen molar-refractivity contribution < 1.29 is 0 Å². The SMILES string of the molecule is CC(=N)C1=CC=C(C)C(C2C=CC=CC2C)C1. The quantitative estimate of drug-likeness (QED) is 0.680. The normalized spacial score (nSPS) is 32.1. The van der Waals surface area contributed by atoms with Gasteiger partial charge in [0.05, 0.1) is 0 Å². The summed E-state index contributed by atoms with van der Waals surface area (Å²) in [5.41, 5.74) is 3.35. The minimum absolute atomic E-state index is 0.562. The van der Waals surface area contributed by atoms with Crippen LogP contribution in [-0.2, 0) is 0 Å². The van der Waals surface area contributed by atoms with E-state index >= 15 is 0 Å². The first-order valence-electron chi connectivity index (χ1n) is 6.37. The van der Waals surface area contributed by atoms with E-state index in [1.807, 2.05) is 6.92 Å². The van der Waals surface area contributed by atoms with Gasteiger partial charge in [0, 0.05) is 5.71 Å². The third-order valence-electron chi connectivity index (χ3n) is 3.98. The molecule has 0 amide bonds. The van der Waals surface area contributed by atoms with Crippen molar-refractivity contribution in [2.45, 2.75) is 27.2 Å². The van der Waals surface area contributed by atoms with Gasteiger partial charge in [-0.2, -0.15) is 0 Å². The Hall–Kier alpha value is -1.37. The molecule has 0 fully saturated rings. The zero-order valence-corrected chi connectivity index (χ0v) is 10.9. The van der Waals surface area contributed by atoms with Gasteiger partial charge in [0.15, 0.2) is 0 Å². The third kappa shape index (κ3) is 2.49. The number of rotatable bonds is 2.